The molecule has 10 heteroatoms. The summed E-state index contributed by atoms with van der Waals surface area (Å²) in [5, 5.41) is 18.3. The predicted octanol–water partition coefficient (Wildman–Crippen LogP) is 3.11. The zero-order valence-corrected chi connectivity index (χ0v) is 18.6. The van der Waals surface area contributed by atoms with Crippen LogP contribution in [0.4, 0.5) is 10.2 Å². The van der Waals surface area contributed by atoms with Gasteiger partial charge in [-0.25, -0.2) is 19.0 Å². The van der Waals surface area contributed by atoms with Crippen molar-refractivity contribution in [3.63, 3.8) is 0 Å². The summed E-state index contributed by atoms with van der Waals surface area (Å²) in [6.07, 6.45) is 7.04. The Labute approximate surface area is 199 Å². The van der Waals surface area contributed by atoms with Crippen molar-refractivity contribution in [2.75, 3.05) is 12.3 Å². The molecule has 176 valence electrons. The molecule has 35 heavy (non-hydrogen) atoms. The third-order valence-corrected chi connectivity index (χ3v) is 5.62. The van der Waals surface area contributed by atoms with Crippen LogP contribution in [0.25, 0.3) is 27.8 Å². The molecule has 0 radical (unpaired) electrons. The standard InChI is InChI=1S/C25H22FN7O2/c26-18-14-19-17(13-20(18)34)9-11-32(19)25-22-23(27)29-15-30-24(22)33(31-25)12-10-28-21(35)8-4-7-16-5-2-1-3-6-16/h1-6,8-9,11,13-15,34H,7,10,12H2,(H,28,35)(H2,27,29,30). The average molecular weight is 471 g/mol. The topological polar surface area (TPSA) is 124 Å². The summed E-state index contributed by atoms with van der Waals surface area (Å²) < 4.78 is 17.4. The van der Waals surface area contributed by atoms with Crippen molar-refractivity contribution in [3.8, 4) is 11.6 Å². The molecule has 5 rings (SSSR count). The van der Waals surface area contributed by atoms with E-state index < -0.39 is 11.6 Å². The molecule has 0 bridgehead atoms. The number of hydrogen-bond donors (Lipinski definition) is 3. The number of nitrogens with zero attached hydrogens (tertiary/aromatic N) is 5. The number of amides is 1. The van der Waals surface area contributed by atoms with Crippen LogP contribution in [-0.2, 0) is 17.8 Å². The minimum absolute atomic E-state index is 0.210. The molecule has 0 saturated heterocycles. The van der Waals surface area contributed by atoms with Gasteiger partial charge in [-0.3, -0.25) is 9.36 Å². The Hall–Kier alpha value is -4.73. The van der Waals surface area contributed by atoms with Crippen LogP contribution in [0.15, 0.2) is 73.2 Å². The van der Waals surface area contributed by atoms with E-state index >= 15 is 0 Å². The van der Waals surface area contributed by atoms with E-state index in [4.69, 9.17) is 5.73 Å². The number of nitrogen functional groups attached to an aromatic ring is 1. The van der Waals surface area contributed by atoms with E-state index in [2.05, 4.69) is 20.4 Å². The summed E-state index contributed by atoms with van der Waals surface area (Å²) in [6, 6.07) is 14.2. The molecule has 1 amide bonds. The number of carbonyl (C=O) groups is 1. The number of aromatic nitrogens is 5. The number of phenols is 1. The van der Waals surface area contributed by atoms with Crippen LogP contribution in [-0.4, -0.2) is 41.9 Å². The molecular formula is C25H22FN7O2. The molecule has 0 aliphatic heterocycles. The number of allylic oxidation sites excluding steroid dienone is 1. The van der Waals surface area contributed by atoms with Gasteiger partial charge in [0.05, 0.1) is 12.1 Å². The minimum atomic E-state index is -0.742. The maximum absolute atomic E-state index is 14.1. The number of benzene rings is 2. The first-order valence-electron chi connectivity index (χ1n) is 11.0. The number of aromatic hydroxyl groups is 1. The van der Waals surface area contributed by atoms with Crippen molar-refractivity contribution in [1.82, 2.24) is 29.6 Å². The van der Waals surface area contributed by atoms with E-state index in [1.165, 1.54) is 24.5 Å². The van der Waals surface area contributed by atoms with Gasteiger partial charge in [-0.1, -0.05) is 36.4 Å². The van der Waals surface area contributed by atoms with Crippen molar-refractivity contribution in [2.24, 2.45) is 0 Å². The van der Waals surface area contributed by atoms with Crippen LogP contribution in [0.3, 0.4) is 0 Å². The SMILES string of the molecule is Nc1ncnc2c1c(-n1ccc3cc(O)c(F)cc31)nn2CCNC(=O)C=CCc1ccccc1. The van der Waals surface area contributed by atoms with E-state index in [9.17, 15) is 14.3 Å². The Balaban J connectivity index is 1.36. The minimum Gasteiger partial charge on any atom is -0.505 e. The third-order valence-electron chi connectivity index (χ3n) is 5.62. The maximum atomic E-state index is 14.1. The zero-order chi connectivity index (χ0) is 24.4. The number of phenolic OH excluding ortho intramolecular Hbond substituents is 1. The number of carbonyl (C=O) groups excluding carboxylic acids is 1. The lowest BCUT2D eigenvalue weighted by molar-refractivity contribution is -0.116. The first-order valence-corrected chi connectivity index (χ1v) is 11.0. The summed E-state index contributed by atoms with van der Waals surface area (Å²) in [5.41, 5.74) is 8.26. The molecule has 0 saturated carbocycles. The van der Waals surface area contributed by atoms with Crippen molar-refractivity contribution < 1.29 is 14.3 Å². The second-order valence-electron chi connectivity index (χ2n) is 7.94. The third kappa shape index (κ3) is 4.41. The summed E-state index contributed by atoms with van der Waals surface area (Å²) in [5.74, 6) is -0.730. The molecule has 2 aromatic carbocycles. The van der Waals surface area contributed by atoms with Gasteiger partial charge in [0.25, 0.3) is 0 Å². The first kappa shape index (κ1) is 22.1. The lowest BCUT2D eigenvalue weighted by Gasteiger charge is -2.04. The molecule has 3 heterocycles. The predicted molar refractivity (Wildman–Crippen MR) is 130 cm³/mol. The highest BCUT2D eigenvalue weighted by Crippen LogP contribution is 2.30. The van der Waals surface area contributed by atoms with Crippen LogP contribution < -0.4 is 11.1 Å². The van der Waals surface area contributed by atoms with Gasteiger partial charge >= 0.3 is 0 Å². The van der Waals surface area contributed by atoms with E-state index in [0.717, 1.165) is 5.56 Å². The van der Waals surface area contributed by atoms with E-state index in [1.54, 1.807) is 21.5 Å². The average Bonchev–Trinajstić information content (AvgIpc) is 3.42. The van der Waals surface area contributed by atoms with E-state index in [0.29, 0.717) is 47.3 Å². The van der Waals surface area contributed by atoms with Crippen LogP contribution >= 0.6 is 0 Å². The molecule has 0 fully saturated rings. The number of nitrogens with two attached hydrogens (primary N) is 1. The summed E-state index contributed by atoms with van der Waals surface area (Å²) in [6.45, 7) is 0.642. The van der Waals surface area contributed by atoms with E-state index in [1.807, 2.05) is 36.4 Å². The fourth-order valence-electron chi connectivity index (χ4n) is 3.93. The Bertz CT molecular complexity index is 1560. The van der Waals surface area contributed by atoms with Gasteiger partial charge in [0.15, 0.2) is 23.0 Å². The van der Waals surface area contributed by atoms with Gasteiger partial charge in [0.2, 0.25) is 5.91 Å². The Kier molecular flexibility index (Phi) is 5.84. The lowest BCUT2D eigenvalue weighted by Crippen LogP contribution is -2.26. The Morgan fingerprint density at radius 2 is 2.00 bits per heavy atom. The second-order valence-corrected chi connectivity index (χ2v) is 7.94. The molecule has 5 aromatic rings. The van der Waals surface area contributed by atoms with Crippen LogP contribution in [0.1, 0.15) is 5.56 Å². The van der Waals surface area contributed by atoms with Gasteiger partial charge in [-0.05, 0) is 30.2 Å². The fraction of sp³-hybridized carbons (Fsp3) is 0.120. The van der Waals surface area contributed by atoms with Gasteiger partial charge in [0.1, 0.15) is 17.5 Å². The number of rotatable bonds is 7. The highest BCUT2D eigenvalue weighted by atomic mass is 19.1. The summed E-state index contributed by atoms with van der Waals surface area (Å²) in [4.78, 5) is 20.6. The molecule has 3 aromatic heterocycles. The molecule has 0 unspecified atom stereocenters. The number of halogens is 1. The van der Waals surface area contributed by atoms with Crippen molar-refractivity contribution >= 4 is 33.7 Å². The van der Waals surface area contributed by atoms with Gasteiger partial charge in [-0.2, -0.15) is 5.10 Å². The smallest absolute Gasteiger partial charge is 0.243 e. The summed E-state index contributed by atoms with van der Waals surface area (Å²) in [7, 11) is 0. The van der Waals surface area contributed by atoms with Gasteiger partial charge < -0.3 is 16.2 Å². The lowest BCUT2D eigenvalue weighted by atomic mass is 10.1. The molecular weight excluding hydrogens is 449 g/mol. The number of anilines is 1. The maximum Gasteiger partial charge on any atom is 0.243 e. The summed E-state index contributed by atoms with van der Waals surface area (Å²) >= 11 is 0. The van der Waals surface area contributed by atoms with Crippen LogP contribution in [0.5, 0.6) is 5.75 Å². The molecule has 0 atom stereocenters. The quantitative estimate of drug-likeness (QED) is 0.313. The fourth-order valence-corrected chi connectivity index (χ4v) is 3.93. The normalized spacial score (nSPS) is 11.6. The highest BCUT2D eigenvalue weighted by molar-refractivity contribution is 5.95. The van der Waals surface area contributed by atoms with Crippen molar-refractivity contribution in [1.29, 1.82) is 0 Å². The van der Waals surface area contributed by atoms with Gasteiger partial charge in [-0.15, -0.1) is 0 Å². The number of nitrogens with one attached hydrogen (secondary N) is 1. The van der Waals surface area contributed by atoms with Crippen molar-refractivity contribution in [3.05, 3.63) is 84.6 Å². The first-order chi connectivity index (χ1) is 17.0. The highest BCUT2D eigenvalue weighted by Gasteiger charge is 2.19. The van der Waals surface area contributed by atoms with Gasteiger partial charge in [0, 0.05) is 24.2 Å². The molecule has 0 aliphatic carbocycles. The molecule has 0 aliphatic rings. The van der Waals surface area contributed by atoms with Crippen LogP contribution in [0.2, 0.25) is 0 Å². The Morgan fingerprint density at radius 1 is 1.17 bits per heavy atom. The monoisotopic (exact) mass is 471 g/mol. The second kappa shape index (κ2) is 9.26. The largest absolute Gasteiger partial charge is 0.505 e. The number of hydrogen-bond acceptors (Lipinski definition) is 6. The molecule has 9 nitrogen and oxygen atoms in total. The van der Waals surface area contributed by atoms with Crippen molar-refractivity contribution in [2.45, 2.75) is 13.0 Å². The number of fused-ring (bicyclic) bond motifs is 2. The van der Waals surface area contributed by atoms with E-state index in [-0.39, 0.29) is 11.7 Å². The Morgan fingerprint density at radius 3 is 2.83 bits per heavy atom. The molecule has 0 spiro atoms. The zero-order valence-electron chi connectivity index (χ0n) is 18.6. The molecule has 4 N–H and O–H groups in total. The van der Waals surface area contributed by atoms with Crippen LogP contribution in [0, 0.1) is 5.82 Å².